The summed E-state index contributed by atoms with van der Waals surface area (Å²) in [4.78, 5) is 27.9. The van der Waals surface area contributed by atoms with Gasteiger partial charge in [-0.1, -0.05) is 30.0 Å². The number of aryl methyl sites for hydroxylation is 2. The van der Waals surface area contributed by atoms with Gasteiger partial charge in [0.2, 0.25) is 0 Å². The maximum absolute atomic E-state index is 12.8. The summed E-state index contributed by atoms with van der Waals surface area (Å²) in [6.07, 6.45) is 1.64. The number of ether oxygens (including phenoxy) is 1. The second-order valence-electron chi connectivity index (χ2n) is 6.33. The van der Waals surface area contributed by atoms with Crippen molar-refractivity contribution in [3.8, 4) is 5.69 Å². The number of hydrogen-bond donors (Lipinski definition) is 1. The molecule has 0 saturated heterocycles. The van der Waals surface area contributed by atoms with Crippen LogP contribution in [0.3, 0.4) is 0 Å². The van der Waals surface area contributed by atoms with E-state index < -0.39 is 5.97 Å². The predicted molar refractivity (Wildman–Crippen MR) is 107 cm³/mol. The van der Waals surface area contributed by atoms with E-state index in [0.29, 0.717) is 27.7 Å². The molecule has 0 unspecified atom stereocenters. The van der Waals surface area contributed by atoms with Gasteiger partial charge in [0, 0.05) is 5.69 Å². The lowest BCUT2D eigenvalue weighted by Gasteiger charge is -2.08. The van der Waals surface area contributed by atoms with E-state index in [4.69, 9.17) is 4.74 Å². The van der Waals surface area contributed by atoms with Crippen molar-refractivity contribution >= 4 is 23.5 Å². The summed E-state index contributed by atoms with van der Waals surface area (Å²) in [5.74, 6) is -0.353. The molecule has 0 aliphatic heterocycles. The molecule has 2 aromatic heterocycles. The summed E-state index contributed by atoms with van der Waals surface area (Å²) in [7, 11) is 0. The molecule has 3 aromatic rings. The van der Waals surface area contributed by atoms with Gasteiger partial charge in [0.25, 0.3) is 0 Å². The van der Waals surface area contributed by atoms with Crippen molar-refractivity contribution in [1.82, 2.24) is 19.7 Å². The molecule has 0 aliphatic carbocycles. The van der Waals surface area contributed by atoms with Crippen molar-refractivity contribution in [3.05, 3.63) is 58.7 Å². The maximum Gasteiger partial charge on any atom is 0.340 e. The number of para-hydroxylation sites is 1. The molecular weight excluding hydrogens is 376 g/mol. The van der Waals surface area contributed by atoms with Crippen LogP contribution in [-0.4, -0.2) is 43.9 Å². The number of nitrogens with one attached hydrogen (secondary N) is 1. The third-order valence-corrected chi connectivity index (χ3v) is 5.36. The highest BCUT2D eigenvalue weighted by Crippen LogP contribution is 2.25. The Hall–Kier alpha value is -2.87. The monoisotopic (exact) mass is 398 g/mol. The summed E-state index contributed by atoms with van der Waals surface area (Å²) in [5, 5.41) is 8.75. The van der Waals surface area contributed by atoms with Crippen molar-refractivity contribution in [2.75, 3.05) is 12.4 Å². The number of ketones is 1. The molecule has 0 spiro atoms. The van der Waals surface area contributed by atoms with Crippen molar-refractivity contribution in [1.29, 1.82) is 0 Å². The fourth-order valence-electron chi connectivity index (χ4n) is 3.06. The number of rotatable bonds is 7. The van der Waals surface area contributed by atoms with Gasteiger partial charge in [-0.15, -0.1) is 10.2 Å². The van der Waals surface area contributed by atoms with E-state index in [9.17, 15) is 9.59 Å². The number of H-pyrrole nitrogens is 1. The standard InChI is InChI=1S/C20H22N4O3S/c1-5-27-19(26)17-13(3)18(22-14(17)4)16(25)10-28-20-23-21-11-24(20)15-9-7-6-8-12(15)2/h6-9,11,22H,5,10H2,1-4H3. The maximum atomic E-state index is 12.8. The number of aromatic amines is 1. The van der Waals surface area contributed by atoms with Gasteiger partial charge in [-0.05, 0) is 44.9 Å². The Labute approximate surface area is 167 Å². The number of nitrogens with zero attached hydrogens (tertiary/aromatic N) is 3. The minimum Gasteiger partial charge on any atom is -0.462 e. The molecule has 1 N–H and O–H groups in total. The van der Waals surface area contributed by atoms with Crippen molar-refractivity contribution in [3.63, 3.8) is 0 Å². The third-order valence-electron chi connectivity index (χ3n) is 4.42. The number of thioether (sulfide) groups is 1. The second kappa shape index (κ2) is 8.43. The van der Waals surface area contributed by atoms with E-state index in [1.807, 2.05) is 35.8 Å². The molecule has 7 nitrogen and oxygen atoms in total. The Morgan fingerprint density at radius 1 is 1.21 bits per heavy atom. The number of benzene rings is 1. The summed E-state index contributed by atoms with van der Waals surface area (Å²) in [6, 6.07) is 7.91. The minimum atomic E-state index is -0.417. The van der Waals surface area contributed by atoms with E-state index in [1.165, 1.54) is 11.8 Å². The van der Waals surface area contributed by atoms with Crippen LogP contribution in [0.15, 0.2) is 35.7 Å². The highest BCUT2D eigenvalue weighted by Gasteiger charge is 2.23. The van der Waals surface area contributed by atoms with Crippen LogP contribution < -0.4 is 0 Å². The molecule has 0 bridgehead atoms. The van der Waals surface area contributed by atoms with Crippen LogP contribution in [0.2, 0.25) is 0 Å². The van der Waals surface area contributed by atoms with Gasteiger partial charge in [-0.3, -0.25) is 9.36 Å². The molecule has 0 fully saturated rings. The zero-order chi connectivity index (χ0) is 20.3. The highest BCUT2D eigenvalue weighted by atomic mass is 32.2. The minimum absolute atomic E-state index is 0.111. The summed E-state index contributed by atoms with van der Waals surface area (Å²) < 4.78 is 6.95. The topological polar surface area (TPSA) is 89.9 Å². The van der Waals surface area contributed by atoms with Gasteiger partial charge in [0.1, 0.15) is 6.33 Å². The van der Waals surface area contributed by atoms with Gasteiger partial charge in [-0.2, -0.15) is 0 Å². The molecule has 0 amide bonds. The number of hydrogen-bond acceptors (Lipinski definition) is 6. The summed E-state index contributed by atoms with van der Waals surface area (Å²) in [6.45, 7) is 7.57. The van der Waals surface area contributed by atoms with Crippen LogP contribution >= 0.6 is 11.8 Å². The van der Waals surface area contributed by atoms with Crippen LogP contribution in [-0.2, 0) is 4.74 Å². The SMILES string of the molecule is CCOC(=O)c1c(C)[nH]c(C(=O)CSc2nncn2-c2ccccc2C)c1C. The molecule has 8 heteroatoms. The van der Waals surface area contributed by atoms with Crippen molar-refractivity contribution in [2.45, 2.75) is 32.9 Å². The number of esters is 1. The fraction of sp³-hybridized carbons (Fsp3) is 0.300. The zero-order valence-electron chi connectivity index (χ0n) is 16.3. The molecule has 0 saturated carbocycles. The Balaban J connectivity index is 1.78. The lowest BCUT2D eigenvalue weighted by molar-refractivity contribution is 0.0525. The lowest BCUT2D eigenvalue weighted by atomic mass is 10.1. The quantitative estimate of drug-likeness (QED) is 0.371. The molecule has 0 radical (unpaired) electrons. The molecule has 2 heterocycles. The van der Waals surface area contributed by atoms with E-state index in [-0.39, 0.29) is 18.1 Å². The van der Waals surface area contributed by atoms with E-state index >= 15 is 0 Å². The third kappa shape index (κ3) is 3.87. The first-order valence-corrected chi connectivity index (χ1v) is 9.90. The number of carbonyl (C=O) groups is 2. The smallest absolute Gasteiger partial charge is 0.340 e. The Morgan fingerprint density at radius 2 is 1.96 bits per heavy atom. The van der Waals surface area contributed by atoms with Crippen LogP contribution in [0, 0.1) is 20.8 Å². The highest BCUT2D eigenvalue weighted by molar-refractivity contribution is 7.99. The first-order chi connectivity index (χ1) is 13.4. The molecule has 0 aliphatic rings. The van der Waals surface area contributed by atoms with Crippen LogP contribution in [0.25, 0.3) is 5.69 Å². The van der Waals surface area contributed by atoms with E-state index in [2.05, 4.69) is 15.2 Å². The Morgan fingerprint density at radius 3 is 2.68 bits per heavy atom. The normalized spacial score (nSPS) is 10.9. The molecule has 0 atom stereocenters. The van der Waals surface area contributed by atoms with E-state index in [1.54, 1.807) is 27.1 Å². The predicted octanol–water partition coefficient (Wildman–Crippen LogP) is 3.67. The van der Waals surface area contributed by atoms with Gasteiger partial charge < -0.3 is 9.72 Å². The largest absolute Gasteiger partial charge is 0.462 e. The Kier molecular flexibility index (Phi) is 5.99. The number of Topliss-reactive ketones (excluding diaryl/α,β-unsaturated/α-hetero) is 1. The molecule has 146 valence electrons. The van der Waals surface area contributed by atoms with Gasteiger partial charge in [0.05, 0.1) is 29.3 Å². The molecular formula is C20H22N4O3S. The number of aromatic nitrogens is 4. The average molecular weight is 398 g/mol. The van der Waals surface area contributed by atoms with Gasteiger partial charge >= 0.3 is 5.97 Å². The molecule has 3 rings (SSSR count). The van der Waals surface area contributed by atoms with E-state index in [0.717, 1.165) is 11.3 Å². The number of carbonyl (C=O) groups excluding carboxylic acids is 2. The molecule has 28 heavy (non-hydrogen) atoms. The van der Waals surface area contributed by atoms with Crippen LogP contribution in [0.1, 0.15) is 44.6 Å². The average Bonchev–Trinajstić information content (AvgIpc) is 3.24. The Bertz CT molecular complexity index is 1020. The zero-order valence-corrected chi connectivity index (χ0v) is 17.1. The lowest BCUT2D eigenvalue weighted by Crippen LogP contribution is -2.09. The summed E-state index contributed by atoms with van der Waals surface area (Å²) >= 11 is 1.31. The second-order valence-corrected chi connectivity index (χ2v) is 7.27. The van der Waals surface area contributed by atoms with Gasteiger partial charge in [-0.25, -0.2) is 4.79 Å². The van der Waals surface area contributed by atoms with Gasteiger partial charge in [0.15, 0.2) is 10.9 Å². The van der Waals surface area contributed by atoms with Crippen molar-refractivity contribution in [2.24, 2.45) is 0 Å². The fourth-order valence-corrected chi connectivity index (χ4v) is 3.86. The summed E-state index contributed by atoms with van der Waals surface area (Å²) in [5.41, 5.74) is 4.16. The molecule has 1 aromatic carbocycles. The first-order valence-electron chi connectivity index (χ1n) is 8.92. The van der Waals surface area contributed by atoms with Crippen LogP contribution in [0.5, 0.6) is 0 Å². The van der Waals surface area contributed by atoms with Crippen molar-refractivity contribution < 1.29 is 14.3 Å². The van der Waals surface area contributed by atoms with Crippen LogP contribution in [0.4, 0.5) is 0 Å². The first kappa shape index (κ1) is 19.9.